The Bertz CT molecular complexity index is 165. The van der Waals surface area contributed by atoms with Gasteiger partial charge in [0.15, 0.2) is 0 Å². The molecule has 17 nitrogen and oxygen atoms in total. The standard InChI is InChI=1S/4Na.H4O7P2.H2O2.8H2O/c;;;;1-8(2,3)7-9(4,5)6;1-2;;;;;;;;/h;;;;(H2,1,2,3)(H2,4,5,6);1-2H;8*1H2/q4*+1;;;;;;;;;;/p-4. The van der Waals surface area contributed by atoms with Gasteiger partial charge in [0.05, 0.1) is 15.6 Å². The largest absolute Gasteiger partial charge is 1.00 e. The Morgan fingerprint density at radius 3 is 0.609 bits per heavy atom. The molecule has 0 spiro atoms. The van der Waals surface area contributed by atoms with Crippen LogP contribution < -0.4 is 138 Å². The normalized spacial score (nSPS) is 5.65. The molecule has 0 heterocycles. The molecule has 0 aliphatic heterocycles. The summed E-state index contributed by atoms with van der Waals surface area (Å²) in [6.45, 7) is 0. The molecule has 0 atom stereocenters. The number of hydrogen-bond acceptors (Lipinski definition) is 9. The van der Waals surface area contributed by atoms with E-state index in [9.17, 15) is 28.7 Å². The van der Waals surface area contributed by atoms with Crippen LogP contribution in [-0.4, -0.2) is 54.3 Å². The third-order valence-corrected chi connectivity index (χ3v) is 1.80. The van der Waals surface area contributed by atoms with Crippen molar-refractivity contribution >= 4 is 15.6 Å². The SMILES string of the molecule is O.O.O.O.O.O.O.O.O=P([O-])([O-])OP(=O)([O-])[O-].OO.[Na+].[Na+].[Na+].[Na+]. The molecule has 0 aliphatic carbocycles. The first-order valence-electron chi connectivity index (χ1n) is 1.66. The Balaban J connectivity index is -0.00000000464. The van der Waals surface area contributed by atoms with Gasteiger partial charge in [0.25, 0.3) is 0 Å². The van der Waals surface area contributed by atoms with Gasteiger partial charge in [-0.3, -0.25) is 10.5 Å². The molecule has 23 heavy (non-hydrogen) atoms. The van der Waals surface area contributed by atoms with Crippen LogP contribution in [0, 0.1) is 0 Å². The van der Waals surface area contributed by atoms with E-state index < -0.39 is 15.6 Å². The van der Waals surface area contributed by atoms with E-state index in [1.807, 2.05) is 0 Å². The van der Waals surface area contributed by atoms with Crippen LogP contribution in [-0.2, 0) is 13.4 Å². The minimum atomic E-state index is -5.68. The fraction of sp³-hybridized carbons (Fsp3) is 0. The molecule has 0 fully saturated rings. The zero-order valence-electron chi connectivity index (χ0n) is 12.6. The van der Waals surface area contributed by atoms with Gasteiger partial charge in [-0.25, -0.2) is 0 Å². The van der Waals surface area contributed by atoms with Gasteiger partial charge in [-0.1, -0.05) is 0 Å². The quantitative estimate of drug-likeness (QED) is 0.176. The Hall–Kier alpha value is 3.86. The zero-order chi connectivity index (χ0) is 9.71. The van der Waals surface area contributed by atoms with Gasteiger partial charge >= 0.3 is 118 Å². The van der Waals surface area contributed by atoms with Crippen molar-refractivity contribution in [1.29, 1.82) is 0 Å². The summed E-state index contributed by atoms with van der Waals surface area (Å²) >= 11 is 0. The molecule has 0 saturated heterocycles. The van der Waals surface area contributed by atoms with Gasteiger partial charge < -0.3 is 76.8 Å². The predicted octanol–water partition coefficient (Wildman–Crippen LogP) is -21.9. The van der Waals surface area contributed by atoms with E-state index >= 15 is 0 Å². The summed E-state index contributed by atoms with van der Waals surface area (Å²) in [6.07, 6.45) is 0. The van der Waals surface area contributed by atoms with Crippen molar-refractivity contribution in [2.45, 2.75) is 0 Å². The summed E-state index contributed by atoms with van der Waals surface area (Å²) in [4.78, 5) is 37.3. The second kappa shape index (κ2) is 56.2. The summed E-state index contributed by atoms with van der Waals surface area (Å²) in [7, 11) is -11.4. The van der Waals surface area contributed by atoms with E-state index in [4.69, 9.17) is 10.5 Å². The fourth-order valence-electron chi connectivity index (χ4n) is 0.122. The van der Waals surface area contributed by atoms with Gasteiger partial charge in [-0.15, -0.1) is 0 Å². The first-order chi connectivity index (χ1) is 4.71. The Labute approximate surface area is 218 Å². The van der Waals surface area contributed by atoms with E-state index in [-0.39, 0.29) is 162 Å². The maximum atomic E-state index is 9.32. The number of hydrogen-bond donors (Lipinski definition) is 2. The summed E-state index contributed by atoms with van der Waals surface area (Å²) in [5.74, 6) is 0. The third-order valence-electron chi connectivity index (χ3n) is 0.200. The minimum absolute atomic E-state index is 0. The molecule has 0 amide bonds. The molecule has 0 bridgehead atoms. The zero-order valence-corrected chi connectivity index (χ0v) is 22.4. The van der Waals surface area contributed by atoms with Crippen LogP contribution in [0.5, 0.6) is 0 Å². The Kier molecular flexibility index (Phi) is 266. The summed E-state index contributed by atoms with van der Waals surface area (Å²) < 4.78 is 21.2. The van der Waals surface area contributed by atoms with Crippen molar-refractivity contribution in [2.75, 3.05) is 0 Å². The van der Waals surface area contributed by atoms with Crippen molar-refractivity contribution < 1.29 is 206 Å². The topological polar surface area (TPSA) is 428 Å². The first-order valence-corrected chi connectivity index (χ1v) is 4.58. The molecule has 0 unspecified atom stereocenters. The second-order valence-electron chi connectivity index (χ2n) is 0.976. The van der Waals surface area contributed by atoms with Crippen LogP contribution in [0.3, 0.4) is 0 Å². The first kappa shape index (κ1) is 109. The van der Waals surface area contributed by atoms with Crippen molar-refractivity contribution in [2.24, 2.45) is 0 Å². The Morgan fingerprint density at radius 1 is 0.522 bits per heavy atom. The maximum absolute atomic E-state index is 9.32. The van der Waals surface area contributed by atoms with Gasteiger partial charge in [-0.05, 0) is 0 Å². The van der Waals surface area contributed by atoms with E-state index in [1.165, 1.54) is 0 Å². The van der Waals surface area contributed by atoms with Crippen LogP contribution in [0.4, 0.5) is 0 Å². The van der Waals surface area contributed by atoms with Gasteiger partial charge in [0, 0.05) is 0 Å². The van der Waals surface area contributed by atoms with E-state index in [0.717, 1.165) is 0 Å². The number of phosphoric acid groups is 2. The van der Waals surface area contributed by atoms with Crippen molar-refractivity contribution in [3.05, 3.63) is 0 Å². The molecule has 0 aliphatic rings. The molecule has 0 radical (unpaired) electrons. The molecule has 0 aromatic rings. The molecule has 18 N–H and O–H groups in total. The molecule has 0 saturated carbocycles. The van der Waals surface area contributed by atoms with Gasteiger partial charge in [-0.2, -0.15) is 0 Å². The summed E-state index contributed by atoms with van der Waals surface area (Å²) in [5.41, 5.74) is 0. The third kappa shape index (κ3) is 151. The monoisotopic (exact) mass is 444 g/mol. The molecular weight excluding hydrogens is 426 g/mol. The van der Waals surface area contributed by atoms with Crippen molar-refractivity contribution in [1.82, 2.24) is 0 Å². The van der Waals surface area contributed by atoms with E-state index in [2.05, 4.69) is 4.31 Å². The maximum Gasteiger partial charge on any atom is 1.00 e. The van der Waals surface area contributed by atoms with Crippen molar-refractivity contribution in [3.8, 4) is 0 Å². The average Bonchev–Trinajstić information content (AvgIpc) is 1.60. The van der Waals surface area contributed by atoms with Gasteiger partial charge in [0.2, 0.25) is 0 Å². The molecule has 0 rings (SSSR count). The molecule has 0 aromatic heterocycles. The van der Waals surface area contributed by atoms with E-state index in [0.29, 0.717) is 0 Å². The molecule has 0 aromatic carbocycles. The van der Waals surface area contributed by atoms with E-state index in [1.54, 1.807) is 0 Å². The van der Waals surface area contributed by atoms with Gasteiger partial charge in [0.1, 0.15) is 0 Å². The van der Waals surface area contributed by atoms with Crippen LogP contribution in [0.1, 0.15) is 0 Å². The second-order valence-corrected chi connectivity index (χ2v) is 3.42. The Morgan fingerprint density at radius 2 is 0.609 bits per heavy atom. The molecule has 134 valence electrons. The smallest absolute Gasteiger partial charge is 0.790 e. The minimum Gasteiger partial charge on any atom is -0.790 e. The van der Waals surface area contributed by atoms with Crippen LogP contribution >= 0.6 is 15.6 Å². The predicted molar refractivity (Wildman–Crippen MR) is 50.5 cm³/mol. The van der Waals surface area contributed by atoms with Crippen LogP contribution in [0.25, 0.3) is 0 Å². The summed E-state index contributed by atoms with van der Waals surface area (Å²) in [6, 6.07) is 0. The van der Waals surface area contributed by atoms with Crippen LogP contribution in [0.15, 0.2) is 0 Å². The molecular formula is H18Na4O17P2. The number of rotatable bonds is 2. The molecule has 23 heteroatoms. The summed E-state index contributed by atoms with van der Waals surface area (Å²) in [5, 5.41) is 12.0. The fourth-order valence-corrected chi connectivity index (χ4v) is 1.10. The average molecular weight is 444 g/mol. The van der Waals surface area contributed by atoms with Crippen LogP contribution in [0.2, 0.25) is 0 Å². The van der Waals surface area contributed by atoms with Crippen molar-refractivity contribution in [3.63, 3.8) is 0 Å².